The van der Waals surface area contributed by atoms with Gasteiger partial charge >= 0.3 is 48.9 Å². The number of aliphatic hydroxyl groups is 2. The Bertz CT molecular complexity index is 1110. The number of aliphatic hydroxyl groups excluding tert-OH is 2. The van der Waals surface area contributed by atoms with E-state index in [0.717, 1.165) is 114 Å². The Labute approximate surface area is 400 Å². The third kappa shape index (κ3) is 36.0. The summed E-state index contributed by atoms with van der Waals surface area (Å²) in [5.74, 6) is -1.91. The molecule has 0 heterocycles. The zero-order valence-corrected chi connectivity index (χ0v) is 41.8. The summed E-state index contributed by atoms with van der Waals surface area (Å²) in [5.41, 5.74) is 2.29. The largest absolute Gasteiger partial charge is 2.00 e. The number of rotatable bonds is 38. The molecule has 4 atom stereocenters. The molecule has 2 N–H and O–H groups in total. The van der Waals surface area contributed by atoms with Gasteiger partial charge in [-0.2, -0.15) is 0 Å². The summed E-state index contributed by atoms with van der Waals surface area (Å²) in [5, 5.41) is 42.2. The van der Waals surface area contributed by atoms with Crippen molar-refractivity contribution in [3.63, 3.8) is 0 Å². The monoisotopic (exact) mass is 949 g/mol. The molecule has 0 aliphatic rings. The molecule has 0 fully saturated rings. The maximum absolute atomic E-state index is 10.7. The van der Waals surface area contributed by atoms with Crippen molar-refractivity contribution in [3.8, 4) is 0 Å². The van der Waals surface area contributed by atoms with Crippen LogP contribution in [0.15, 0.2) is 60.7 Å². The topological polar surface area (TPSA) is 139 Å². The normalized spacial score (nSPS) is 13.1. The molecule has 9 heteroatoms. The van der Waals surface area contributed by atoms with Crippen LogP contribution in [0.3, 0.4) is 0 Å². The average molecular weight is 949 g/mol. The average Bonchev–Trinajstić information content (AvgIpc) is 3.22. The number of unbranched alkanes of at least 4 members (excludes halogenated alkanes) is 18. The summed E-state index contributed by atoms with van der Waals surface area (Å²) in [6.45, 7) is 5.55. The van der Waals surface area contributed by atoms with Gasteiger partial charge in [0.15, 0.2) is 0 Å². The molecule has 0 bridgehead atoms. The van der Waals surface area contributed by atoms with Crippen LogP contribution in [0.25, 0.3) is 0 Å². The van der Waals surface area contributed by atoms with Gasteiger partial charge in [0, 0.05) is 11.9 Å². The molecule has 0 amide bonds. The number of carbonyl (C=O) groups excluding carboxylic acids is 2. The van der Waals surface area contributed by atoms with Gasteiger partial charge in [-0.05, 0) is 62.5 Å². The summed E-state index contributed by atoms with van der Waals surface area (Å²) >= 11 is 0. The Kier molecular flexibility index (Phi) is 41.2. The first-order chi connectivity index (χ1) is 28.3. The van der Waals surface area contributed by atoms with Crippen LogP contribution < -0.4 is 10.2 Å². The Morgan fingerprint density at radius 3 is 1.07 bits per heavy atom. The van der Waals surface area contributed by atoms with E-state index in [-0.39, 0.29) is 73.9 Å². The summed E-state index contributed by atoms with van der Waals surface area (Å²) in [4.78, 5) is 20.8. The molecule has 0 aliphatic heterocycles. The molecule has 2 aromatic rings. The molecule has 332 valence electrons. The Morgan fingerprint density at radius 2 is 0.746 bits per heavy atom. The Morgan fingerprint density at radius 1 is 0.458 bits per heavy atom. The summed E-state index contributed by atoms with van der Waals surface area (Å²) in [7, 11) is 0. The molecule has 0 aromatic heterocycles. The number of carboxylic acid groups (broad SMARTS) is 2. The number of ether oxygens (including phenoxy) is 2. The van der Waals surface area contributed by atoms with E-state index >= 15 is 0 Å². The zero-order chi connectivity index (χ0) is 42.3. The van der Waals surface area contributed by atoms with E-state index in [9.17, 15) is 30.0 Å². The van der Waals surface area contributed by atoms with Gasteiger partial charge in [-0.1, -0.05) is 203 Å². The first kappa shape index (κ1) is 57.8. The molecule has 0 radical (unpaired) electrons. The van der Waals surface area contributed by atoms with Crippen LogP contribution in [0.4, 0.5) is 0 Å². The van der Waals surface area contributed by atoms with Gasteiger partial charge in [0.05, 0.1) is 37.6 Å². The molecular weight excluding hydrogens is 866 g/mol. The molecule has 59 heavy (non-hydrogen) atoms. The number of carbonyl (C=O) groups is 2. The van der Waals surface area contributed by atoms with Gasteiger partial charge in [-0.25, -0.2) is 0 Å². The standard InChI is InChI=1S/2C25H42O4.Ba/c2*1-2-3-4-7-14-19-24(29-21-22-16-11-10-12-17-22)23(26)18-13-8-5-6-9-15-20-25(27)28;/h2*10-12,16-17,23-24,26H,2-9,13-15,18-21H2,1H3,(H,27,28);/q;;+2/p-2. The van der Waals surface area contributed by atoms with Crippen LogP contribution in [0.2, 0.25) is 0 Å². The van der Waals surface area contributed by atoms with Crippen LogP contribution in [-0.2, 0) is 32.3 Å². The van der Waals surface area contributed by atoms with Crippen molar-refractivity contribution in [3.05, 3.63) is 71.8 Å². The Hall–Kier alpha value is -1.21. The van der Waals surface area contributed by atoms with E-state index in [4.69, 9.17) is 9.47 Å². The van der Waals surface area contributed by atoms with E-state index in [2.05, 4.69) is 38.1 Å². The van der Waals surface area contributed by atoms with Crippen molar-refractivity contribution in [1.82, 2.24) is 0 Å². The zero-order valence-electron chi connectivity index (χ0n) is 37.3. The molecule has 0 spiro atoms. The molecule has 4 unspecified atom stereocenters. The number of carboxylic acids is 2. The Balaban J connectivity index is 0.00000112. The second-order valence-corrected chi connectivity index (χ2v) is 16.3. The fraction of sp³-hybridized carbons (Fsp3) is 0.720. The smallest absolute Gasteiger partial charge is 0.550 e. The van der Waals surface area contributed by atoms with Crippen molar-refractivity contribution >= 4 is 60.8 Å². The number of hydrogen-bond donors (Lipinski definition) is 2. The van der Waals surface area contributed by atoms with Gasteiger partial charge in [-0.3, -0.25) is 0 Å². The third-order valence-electron chi connectivity index (χ3n) is 10.9. The number of hydrogen-bond acceptors (Lipinski definition) is 8. The minimum absolute atomic E-state index is 0. The van der Waals surface area contributed by atoms with E-state index in [1.54, 1.807) is 0 Å². The van der Waals surface area contributed by atoms with Gasteiger partial charge < -0.3 is 39.5 Å². The van der Waals surface area contributed by atoms with Crippen LogP contribution >= 0.6 is 0 Å². The van der Waals surface area contributed by atoms with Crippen molar-refractivity contribution in [2.24, 2.45) is 0 Å². The second kappa shape index (κ2) is 42.1. The maximum Gasteiger partial charge on any atom is 2.00 e. The molecule has 0 aliphatic carbocycles. The van der Waals surface area contributed by atoms with Crippen molar-refractivity contribution < 1.29 is 39.5 Å². The predicted molar refractivity (Wildman–Crippen MR) is 238 cm³/mol. The summed E-state index contributed by atoms with van der Waals surface area (Å²) < 4.78 is 12.2. The molecule has 0 saturated carbocycles. The van der Waals surface area contributed by atoms with Gasteiger partial charge in [0.25, 0.3) is 0 Å². The summed E-state index contributed by atoms with van der Waals surface area (Å²) in [6.07, 6.45) is 26.6. The maximum atomic E-state index is 10.7. The first-order valence-corrected chi connectivity index (χ1v) is 23.3. The molecule has 2 rings (SSSR count). The van der Waals surface area contributed by atoms with Crippen LogP contribution in [0.1, 0.15) is 205 Å². The molecule has 2 aromatic carbocycles. The van der Waals surface area contributed by atoms with Crippen molar-refractivity contribution in [2.45, 2.75) is 231 Å². The van der Waals surface area contributed by atoms with Gasteiger partial charge in [-0.15, -0.1) is 0 Å². The van der Waals surface area contributed by atoms with Crippen molar-refractivity contribution in [1.29, 1.82) is 0 Å². The minimum atomic E-state index is -0.954. The van der Waals surface area contributed by atoms with Crippen LogP contribution in [-0.4, -0.2) is 95.4 Å². The van der Waals surface area contributed by atoms with E-state index in [0.29, 0.717) is 26.1 Å². The SMILES string of the molecule is CCCCCCCC(OCc1ccccc1)C(O)CCCCCCCCC(=O)[O-].CCCCCCCC(OCc1ccccc1)C(O)CCCCCCCCC(=O)[O-].[Ba+2]. The molecular formula is C50H82BaO8. The van der Waals surface area contributed by atoms with E-state index in [1.165, 1.54) is 51.4 Å². The van der Waals surface area contributed by atoms with E-state index in [1.807, 2.05) is 36.4 Å². The second-order valence-electron chi connectivity index (χ2n) is 16.3. The third-order valence-corrected chi connectivity index (χ3v) is 10.9. The molecule has 8 nitrogen and oxygen atoms in total. The fourth-order valence-corrected chi connectivity index (χ4v) is 7.26. The quantitative estimate of drug-likeness (QED) is 0.0501. The predicted octanol–water partition coefficient (Wildman–Crippen LogP) is 9.95. The number of aliphatic carboxylic acids is 2. The molecule has 0 saturated heterocycles. The van der Waals surface area contributed by atoms with Crippen LogP contribution in [0.5, 0.6) is 0 Å². The van der Waals surface area contributed by atoms with Gasteiger partial charge in [0.2, 0.25) is 0 Å². The fourth-order valence-electron chi connectivity index (χ4n) is 7.26. The minimum Gasteiger partial charge on any atom is -0.550 e. The number of benzene rings is 2. The van der Waals surface area contributed by atoms with E-state index < -0.39 is 24.1 Å². The summed E-state index contributed by atoms with van der Waals surface area (Å²) in [6, 6.07) is 20.3. The van der Waals surface area contributed by atoms with Crippen LogP contribution in [0, 0.1) is 0 Å². The first-order valence-electron chi connectivity index (χ1n) is 23.3. The van der Waals surface area contributed by atoms with Crippen molar-refractivity contribution in [2.75, 3.05) is 0 Å². The van der Waals surface area contributed by atoms with Gasteiger partial charge in [0.1, 0.15) is 0 Å².